The third-order valence-corrected chi connectivity index (χ3v) is 3.24. The van der Waals surface area contributed by atoms with Gasteiger partial charge in [-0.2, -0.15) is 0 Å². The molecule has 0 aliphatic heterocycles. The lowest BCUT2D eigenvalue weighted by atomic mass is 10.2. The summed E-state index contributed by atoms with van der Waals surface area (Å²) >= 11 is 0. The smallest absolute Gasteiger partial charge is 0.161 e. The van der Waals surface area contributed by atoms with E-state index in [-0.39, 0.29) is 0 Å². The van der Waals surface area contributed by atoms with Crippen molar-refractivity contribution in [2.45, 2.75) is 6.92 Å². The molecule has 0 atom stereocenters. The number of nitrogens with two attached hydrogens (primary N) is 1. The Morgan fingerprint density at radius 2 is 2.00 bits per heavy atom. The molecule has 0 unspecified atom stereocenters. The second kappa shape index (κ2) is 5.36. The van der Waals surface area contributed by atoms with Gasteiger partial charge in [-0.25, -0.2) is 4.98 Å². The monoisotopic (exact) mass is 283 g/mol. The van der Waals surface area contributed by atoms with Crippen LogP contribution in [0.4, 0.5) is 5.69 Å². The summed E-state index contributed by atoms with van der Waals surface area (Å²) in [6, 6.07) is 11.4. The number of nitrogen functional groups attached to an aromatic ring is 1. The van der Waals surface area contributed by atoms with Crippen LogP contribution in [-0.2, 0) is 0 Å². The van der Waals surface area contributed by atoms with Crippen LogP contribution in [0.15, 0.2) is 36.4 Å². The first kappa shape index (κ1) is 13.3. The number of fused-ring (bicyclic) bond motifs is 1. The number of anilines is 1. The third kappa shape index (κ3) is 2.50. The minimum Gasteiger partial charge on any atom is -0.493 e. The summed E-state index contributed by atoms with van der Waals surface area (Å²) in [5.41, 5.74) is 9.23. The Kier molecular flexibility index (Phi) is 3.39. The zero-order valence-electron chi connectivity index (χ0n) is 12.0. The van der Waals surface area contributed by atoms with Gasteiger partial charge in [-0.1, -0.05) is 0 Å². The molecule has 3 aromatic rings. The number of benzene rings is 2. The van der Waals surface area contributed by atoms with Crippen molar-refractivity contribution in [1.82, 2.24) is 9.97 Å². The molecule has 0 fully saturated rings. The number of imidazole rings is 1. The van der Waals surface area contributed by atoms with Crippen LogP contribution in [0, 0.1) is 0 Å². The summed E-state index contributed by atoms with van der Waals surface area (Å²) < 4.78 is 10.9. The van der Waals surface area contributed by atoms with E-state index in [4.69, 9.17) is 15.2 Å². The van der Waals surface area contributed by atoms with Crippen molar-refractivity contribution in [3.63, 3.8) is 0 Å². The summed E-state index contributed by atoms with van der Waals surface area (Å²) in [4.78, 5) is 7.84. The molecular weight excluding hydrogens is 266 g/mol. The Hall–Kier alpha value is -2.69. The van der Waals surface area contributed by atoms with Gasteiger partial charge in [0, 0.05) is 11.3 Å². The molecule has 0 aliphatic rings. The maximum Gasteiger partial charge on any atom is 0.161 e. The van der Waals surface area contributed by atoms with Crippen molar-refractivity contribution in [1.29, 1.82) is 0 Å². The van der Waals surface area contributed by atoms with Crippen LogP contribution in [0.3, 0.4) is 0 Å². The van der Waals surface area contributed by atoms with Gasteiger partial charge in [-0.05, 0) is 43.3 Å². The number of nitrogens with zero attached hydrogens (tertiary/aromatic N) is 1. The van der Waals surface area contributed by atoms with Gasteiger partial charge in [-0.15, -0.1) is 0 Å². The molecule has 0 spiro atoms. The molecule has 5 nitrogen and oxygen atoms in total. The molecular formula is C16H17N3O2. The first-order valence-electron chi connectivity index (χ1n) is 6.77. The SMILES string of the molecule is CCOc1ccc(-c2nc3ccc(N)cc3[nH]2)cc1OC. The second-order valence-electron chi connectivity index (χ2n) is 4.66. The maximum atomic E-state index is 5.79. The predicted molar refractivity (Wildman–Crippen MR) is 83.7 cm³/mol. The standard InChI is InChI=1S/C16H17N3O2/c1-3-21-14-7-4-10(8-15(14)20-2)16-18-12-6-5-11(17)9-13(12)19-16/h4-9H,3,17H2,1-2H3,(H,18,19). The fourth-order valence-corrected chi connectivity index (χ4v) is 2.25. The van der Waals surface area contributed by atoms with E-state index in [2.05, 4.69) is 9.97 Å². The van der Waals surface area contributed by atoms with Gasteiger partial charge >= 0.3 is 0 Å². The molecule has 3 rings (SSSR count). The molecule has 0 radical (unpaired) electrons. The Labute approximate surface area is 122 Å². The lowest BCUT2D eigenvalue weighted by Gasteiger charge is -2.09. The number of aromatic nitrogens is 2. The van der Waals surface area contributed by atoms with Crippen molar-refractivity contribution in [3.05, 3.63) is 36.4 Å². The summed E-state index contributed by atoms with van der Waals surface area (Å²) in [5, 5.41) is 0. The summed E-state index contributed by atoms with van der Waals surface area (Å²) in [6.07, 6.45) is 0. The highest BCUT2D eigenvalue weighted by molar-refractivity contribution is 5.82. The zero-order chi connectivity index (χ0) is 14.8. The highest BCUT2D eigenvalue weighted by atomic mass is 16.5. The van der Waals surface area contributed by atoms with E-state index in [1.165, 1.54) is 0 Å². The Bertz CT molecular complexity index is 780. The highest BCUT2D eigenvalue weighted by Gasteiger charge is 2.10. The van der Waals surface area contributed by atoms with E-state index in [1.807, 2.05) is 43.3 Å². The summed E-state index contributed by atoms with van der Waals surface area (Å²) in [7, 11) is 1.63. The van der Waals surface area contributed by atoms with Crippen molar-refractivity contribution in [2.75, 3.05) is 19.5 Å². The Morgan fingerprint density at radius 3 is 2.76 bits per heavy atom. The van der Waals surface area contributed by atoms with Crippen LogP contribution in [-0.4, -0.2) is 23.7 Å². The van der Waals surface area contributed by atoms with Gasteiger partial charge in [0.1, 0.15) is 5.82 Å². The predicted octanol–water partition coefficient (Wildman–Crippen LogP) is 3.22. The van der Waals surface area contributed by atoms with Crippen LogP contribution in [0.5, 0.6) is 11.5 Å². The number of ether oxygens (including phenoxy) is 2. The van der Waals surface area contributed by atoms with Crippen LogP contribution >= 0.6 is 0 Å². The number of rotatable bonds is 4. The molecule has 1 heterocycles. The fourth-order valence-electron chi connectivity index (χ4n) is 2.25. The van der Waals surface area contributed by atoms with Crippen molar-refractivity contribution in [2.24, 2.45) is 0 Å². The molecule has 0 saturated heterocycles. The van der Waals surface area contributed by atoms with E-state index in [0.717, 1.165) is 28.2 Å². The lowest BCUT2D eigenvalue weighted by molar-refractivity contribution is 0.311. The lowest BCUT2D eigenvalue weighted by Crippen LogP contribution is -1.95. The molecule has 2 aromatic carbocycles. The minimum atomic E-state index is 0.597. The third-order valence-electron chi connectivity index (χ3n) is 3.24. The first-order chi connectivity index (χ1) is 10.2. The van der Waals surface area contributed by atoms with Crippen LogP contribution < -0.4 is 15.2 Å². The fraction of sp³-hybridized carbons (Fsp3) is 0.188. The second-order valence-corrected chi connectivity index (χ2v) is 4.66. The number of methoxy groups -OCH3 is 1. The topological polar surface area (TPSA) is 73.2 Å². The van der Waals surface area contributed by atoms with Crippen LogP contribution in [0.2, 0.25) is 0 Å². The van der Waals surface area contributed by atoms with Gasteiger partial charge in [0.05, 0.1) is 24.8 Å². The van der Waals surface area contributed by atoms with Crippen molar-refractivity contribution in [3.8, 4) is 22.9 Å². The quantitative estimate of drug-likeness (QED) is 0.721. The molecule has 0 saturated carbocycles. The van der Waals surface area contributed by atoms with Crippen molar-refractivity contribution >= 4 is 16.7 Å². The van der Waals surface area contributed by atoms with Crippen LogP contribution in [0.25, 0.3) is 22.4 Å². The van der Waals surface area contributed by atoms with Gasteiger partial charge < -0.3 is 20.2 Å². The number of hydrogen-bond acceptors (Lipinski definition) is 4. The van der Waals surface area contributed by atoms with Gasteiger partial charge in [0.25, 0.3) is 0 Å². The number of hydrogen-bond donors (Lipinski definition) is 2. The molecule has 0 aliphatic carbocycles. The molecule has 1 aromatic heterocycles. The van der Waals surface area contributed by atoms with E-state index in [9.17, 15) is 0 Å². The largest absolute Gasteiger partial charge is 0.493 e. The molecule has 3 N–H and O–H groups in total. The molecule has 108 valence electrons. The normalized spacial score (nSPS) is 10.8. The average molecular weight is 283 g/mol. The summed E-state index contributed by atoms with van der Waals surface area (Å²) in [6.45, 7) is 2.54. The molecule has 5 heteroatoms. The molecule has 0 amide bonds. The number of nitrogens with one attached hydrogen (secondary N) is 1. The zero-order valence-corrected chi connectivity index (χ0v) is 12.0. The van der Waals surface area contributed by atoms with E-state index in [1.54, 1.807) is 7.11 Å². The van der Waals surface area contributed by atoms with Crippen molar-refractivity contribution < 1.29 is 9.47 Å². The average Bonchev–Trinajstić information content (AvgIpc) is 2.91. The Morgan fingerprint density at radius 1 is 1.14 bits per heavy atom. The van der Waals surface area contributed by atoms with Gasteiger partial charge in [-0.3, -0.25) is 0 Å². The van der Waals surface area contributed by atoms with Crippen LogP contribution in [0.1, 0.15) is 6.92 Å². The Balaban J connectivity index is 2.05. The van der Waals surface area contributed by atoms with E-state index < -0.39 is 0 Å². The highest BCUT2D eigenvalue weighted by Crippen LogP contribution is 2.32. The minimum absolute atomic E-state index is 0.597. The number of H-pyrrole nitrogens is 1. The van der Waals surface area contributed by atoms with Gasteiger partial charge in [0.2, 0.25) is 0 Å². The van der Waals surface area contributed by atoms with Gasteiger partial charge in [0.15, 0.2) is 11.5 Å². The molecule has 0 bridgehead atoms. The van der Waals surface area contributed by atoms with E-state index in [0.29, 0.717) is 18.0 Å². The first-order valence-corrected chi connectivity index (χ1v) is 6.77. The number of aromatic amines is 1. The van der Waals surface area contributed by atoms with E-state index >= 15 is 0 Å². The maximum absolute atomic E-state index is 5.79. The summed E-state index contributed by atoms with van der Waals surface area (Å²) in [5.74, 6) is 2.19. The molecule has 21 heavy (non-hydrogen) atoms.